The molecule has 1 aromatic carbocycles. The number of carbonyl (C=O) groups is 1. The number of hydrogen-bond donors (Lipinski definition) is 4. The fraction of sp³-hybridized carbons (Fsp3) is 0.316. The zero-order valence-corrected chi connectivity index (χ0v) is 15.4. The second kappa shape index (κ2) is 10.8. The lowest BCUT2D eigenvalue weighted by Gasteiger charge is -2.15. The number of aryl methyl sites for hydroxylation is 1. The van der Waals surface area contributed by atoms with E-state index in [1.165, 1.54) is 5.01 Å². The number of aromatic nitrogens is 2. The maximum atomic E-state index is 12.0. The predicted octanol–water partition coefficient (Wildman–Crippen LogP) is 2.45. The van der Waals surface area contributed by atoms with Gasteiger partial charge in [0, 0.05) is 18.1 Å². The third-order valence-corrected chi connectivity index (χ3v) is 3.92. The highest BCUT2D eigenvalue weighted by molar-refractivity contribution is 5.92. The van der Waals surface area contributed by atoms with E-state index < -0.39 is 0 Å². The van der Waals surface area contributed by atoms with Crippen molar-refractivity contribution in [1.29, 1.82) is 0 Å². The molecule has 0 saturated heterocycles. The summed E-state index contributed by atoms with van der Waals surface area (Å²) in [6.07, 6.45) is 8.12. The van der Waals surface area contributed by atoms with Gasteiger partial charge >= 0.3 is 0 Å². The molecule has 0 saturated carbocycles. The first kappa shape index (κ1) is 20.2. The van der Waals surface area contributed by atoms with Gasteiger partial charge in [-0.25, -0.2) is 10.8 Å². The number of aromatic amines is 1. The fourth-order valence-corrected chi connectivity index (χ4v) is 2.60. The van der Waals surface area contributed by atoms with E-state index in [2.05, 4.69) is 27.0 Å². The van der Waals surface area contributed by atoms with Crippen LogP contribution < -0.4 is 16.9 Å². The zero-order chi connectivity index (χ0) is 19.5. The normalized spacial score (nSPS) is 11.2. The van der Waals surface area contributed by atoms with Crippen molar-refractivity contribution in [3.8, 4) is 0 Å². The van der Waals surface area contributed by atoms with Crippen LogP contribution in [0.5, 0.6) is 0 Å². The van der Waals surface area contributed by atoms with Gasteiger partial charge < -0.3 is 21.0 Å². The molecule has 1 aromatic heterocycles. The molecule has 6 N–H and O–H groups in total. The number of nitrogens with zero attached hydrogens (tertiary/aromatic N) is 3. The van der Waals surface area contributed by atoms with Crippen molar-refractivity contribution in [2.75, 3.05) is 17.6 Å². The van der Waals surface area contributed by atoms with Crippen LogP contribution in [0, 0.1) is 0 Å². The number of hydrogen-bond acceptors (Lipinski definition) is 6. The van der Waals surface area contributed by atoms with E-state index in [-0.39, 0.29) is 12.5 Å². The van der Waals surface area contributed by atoms with Crippen LogP contribution in [0.4, 0.5) is 11.6 Å². The Kier molecular flexibility index (Phi) is 8.05. The molecule has 2 rings (SSSR count). The lowest BCUT2D eigenvalue weighted by atomic mass is 10.1. The van der Waals surface area contributed by atoms with Crippen molar-refractivity contribution in [1.82, 2.24) is 15.0 Å². The number of para-hydroxylation sites is 1. The SMILES string of the molecule is C=N/C(=C\N(N)CC(=O)Nc1ccccc1)CCCCCc1c[nH]c(N)n1. The topological polar surface area (TPSA) is 125 Å². The molecular formula is C19H27N7O. The molecule has 0 radical (unpaired) electrons. The second-order valence-corrected chi connectivity index (χ2v) is 6.20. The molecule has 0 aliphatic rings. The van der Waals surface area contributed by atoms with Crippen LogP contribution >= 0.6 is 0 Å². The molecule has 0 aliphatic carbocycles. The van der Waals surface area contributed by atoms with Crippen molar-refractivity contribution in [2.24, 2.45) is 10.8 Å². The molecule has 8 nitrogen and oxygen atoms in total. The summed E-state index contributed by atoms with van der Waals surface area (Å²) in [7, 11) is 0. The molecule has 1 heterocycles. The van der Waals surface area contributed by atoms with Crippen molar-refractivity contribution < 1.29 is 4.79 Å². The summed E-state index contributed by atoms with van der Waals surface area (Å²) >= 11 is 0. The third kappa shape index (κ3) is 7.74. The summed E-state index contributed by atoms with van der Waals surface area (Å²) in [5, 5.41) is 4.12. The molecule has 0 unspecified atom stereocenters. The molecule has 1 amide bonds. The minimum Gasteiger partial charge on any atom is -0.369 e. The number of nitrogen functional groups attached to an aromatic ring is 1. The third-order valence-electron chi connectivity index (χ3n) is 3.92. The first-order valence-corrected chi connectivity index (χ1v) is 8.90. The molecule has 0 aliphatic heterocycles. The number of anilines is 2. The number of unbranched alkanes of at least 4 members (excludes halogenated alkanes) is 2. The van der Waals surface area contributed by atoms with E-state index in [4.69, 9.17) is 11.6 Å². The summed E-state index contributed by atoms with van der Waals surface area (Å²) in [6.45, 7) is 3.62. The van der Waals surface area contributed by atoms with Gasteiger partial charge in [0.25, 0.3) is 0 Å². The number of nitrogens with one attached hydrogen (secondary N) is 2. The van der Waals surface area contributed by atoms with E-state index in [0.717, 1.165) is 49.2 Å². The predicted molar refractivity (Wildman–Crippen MR) is 109 cm³/mol. The number of rotatable bonds is 11. The van der Waals surface area contributed by atoms with E-state index in [0.29, 0.717) is 5.95 Å². The van der Waals surface area contributed by atoms with Gasteiger partial charge in [0.15, 0.2) is 5.95 Å². The van der Waals surface area contributed by atoms with Crippen LogP contribution in [0.1, 0.15) is 31.4 Å². The summed E-state index contributed by atoms with van der Waals surface area (Å²) in [5.41, 5.74) is 8.02. The fourth-order valence-electron chi connectivity index (χ4n) is 2.60. The maximum Gasteiger partial charge on any atom is 0.245 e. The Morgan fingerprint density at radius 2 is 2.07 bits per heavy atom. The number of H-pyrrole nitrogens is 1. The van der Waals surface area contributed by atoms with Gasteiger partial charge in [-0.3, -0.25) is 9.79 Å². The van der Waals surface area contributed by atoms with Crippen LogP contribution in [0.25, 0.3) is 0 Å². The monoisotopic (exact) mass is 369 g/mol. The highest BCUT2D eigenvalue weighted by Crippen LogP contribution is 2.12. The quantitative estimate of drug-likeness (QED) is 0.209. The Labute approximate surface area is 159 Å². The summed E-state index contributed by atoms with van der Waals surface area (Å²) < 4.78 is 0. The van der Waals surface area contributed by atoms with E-state index in [1.807, 2.05) is 36.5 Å². The van der Waals surface area contributed by atoms with Crippen molar-refractivity contribution >= 4 is 24.3 Å². The van der Waals surface area contributed by atoms with Crippen LogP contribution in [0.3, 0.4) is 0 Å². The largest absolute Gasteiger partial charge is 0.369 e. The Morgan fingerprint density at radius 1 is 1.30 bits per heavy atom. The summed E-state index contributed by atoms with van der Waals surface area (Å²) in [5.74, 6) is 6.15. The molecule has 0 atom stereocenters. The highest BCUT2D eigenvalue weighted by atomic mass is 16.2. The molecule has 2 aromatic rings. The number of aliphatic imine (C=N–C) groups is 1. The average molecular weight is 369 g/mol. The Hall–Kier alpha value is -3.13. The average Bonchev–Trinajstić information content (AvgIpc) is 3.06. The van der Waals surface area contributed by atoms with Crippen molar-refractivity contribution in [3.63, 3.8) is 0 Å². The standard InChI is InChI=1S/C19H27N7O/c1-22-17(11-7-3-6-10-16-12-23-19(20)25-16)13-26(21)14-18(27)24-15-8-4-2-5-9-15/h2,4-5,8-9,12-13H,1,3,6-7,10-11,14,21H2,(H,24,27)(H3,20,23,25)/b17-13-. The zero-order valence-electron chi connectivity index (χ0n) is 15.4. The molecular weight excluding hydrogens is 342 g/mol. The van der Waals surface area contributed by atoms with Crippen LogP contribution in [-0.4, -0.2) is 34.1 Å². The van der Waals surface area contributed by atoms with Crippen molar-refractivity contribution in [3.05, 3.63) is 54.1 Å². The van der Waals surface area contributed by atoms with E-state index in [9.17, 15) is 4.79 Å². The molecule has 0 spiro atoms. The van der Waals surface area contributed by atoms with E-state index in [1.54, 1.807) is 6.20 Å². The van der Waals surface area contributed by atoms with Crippen LogP contribution in [-0.2, 0) is 11.2 Å². The van der Waals surface area contributed by atoms with Gasteiger partial charge in [-0.1, -0.05) is 24.6 Å². The maximum absolute atomic E-state index is 12.0. The molecule has 27 heavy (non-hydrogen) atoms. The Morgan fingerprint density at radius 3 is 2.74 bits per heavy atom. The lowest BCUT2D eigenvalue weighted by Crippen LogP contribution is -2.34. The van der Waals surface area contributed by atoms with Gasteiger partial charge in [-0.05, 0) is 44.5 Å². The molecule has 0 bridgehead atoms. The minimum absolute atomic E-state index is 0.0362. The van der Waals surface area contributed by atoms with Gasteiger partial charge in [-0.2, -0.15) is 0 Å². The number of imidazole rings is 1. The van der Waals surface area contributed by atoms with Gasteiger partial charge in [0.2, 0.25) is 5.91 Å². The number of hydrazine groups is 1. The number of benzene rings is 1. The smallest absolute Gasteiger partial charge is 0.245 e. The van der Waals surface area contributed by atoms with Gasteiger partial charge in [0.05, 0.1) is 11.4 Å². The number of carbonyl (C=O) groups excluding carboxylic acids is 1. The van der Waals surface area contributed by atoms with Crippen LogP contribution in [0.15, 0.2) is 53.4 Å². The number of amides is 1. The Bertz CT molecular complexity index is 754. The highest BCUT2D eigenvalue weighted by Gasteiger charge is 2.06. The number of allylic oxidation sites excluding steroid dienone is 1. The molecule has 144 valence electrons. The van der Waals surface area contributed by atoms with E-state index >= 15 is 0 Å². The molecule has 8 heteroatoms. The van der Waals surface area contributed by atoms with Gasteiger partial charge in [0.1, 0.15) is 6.54 Å². The lowest BCUT2D eigenvalue weighted by molar-refractivity contribution is -0.116. The Balaban J connectivity index is 1.68. The molecule has 0 fully saturated rings. The summed E-state index contributed by atoms with van der Waals surface area (Å²) in [4.78, 5) is 23.1. The van der Waals surface area contributed by atoms with Gasteiger partial charge in [-0.15, -0.1) is 0 Å². The summed E-state index contributed by atoms with van der Waals surface area (Å²) in [6, 6.07) is 9.25. The van der Waals surface area contributed by atoms with Crippen LogP contribution in [0.2, 0.25) is 0 Å². The first-order chi connectivity index (χ1) is 13.1. The second-order valence-electron chi connectivity index (χ2n) is 6.20. The number of nitrogens with two attached hydrogens (primary N) is 2. The van der Waals surface area contributed by atoms with Crippen molar-refractivity contribution in [2.45, 2.75) is 32.1 Å². The minimum atomic E-state index is -0.193. The first-order valence-electron chi connectivity index (χ1n) is 8.90.